The Bertz CT molecular complexity index is 975. The lowest BCUT2D eigenvalue weighted by Crippen LogP contribution is -2.32. The second kappa shape index (κ2) is 9.50. The van der Waals surface area contributed by atoms with Gasteiger partial charge in [0.25, 0.3) is 5.91 Å². The smallest absolute Gasteiger partial charge is 0.257 e. The van der Waals surface area contributed by atoms with Crippen LogP contribution in [0.2, 0.25) is 0 Å². The van der Waals surface area contributed by atoms with Crippen LogP contribution >= 0.6 is 0 Å². The quantitative estimate of drug-likeness (QED) is 0.560. The monoisotopic (exact) mass is 391 g/mol. The second-order valence-electron chi connectivity index (χ2n) is 6.56. The van der Waals surface area contributed by atoms with Gasteiger partial charge in [-0.25, -0.2) is 4.39 Å². The van der Waals surface area contributed by atoms with Gasteiger partial charge < -0.3 is 16.0 Å². The molecule has 1 unspecified atom stereocenters. The summed E-state index contributed by atoms with van der Waals surface area (Å²) in [7, 11) is 0. The first-order valence-corrected chi connectivity index (χ1v) is 9.27. The third-order valence-electron chi connectivity index (χ3n) is 4.39. The first kappa shape index (κ1) is 20.1. The van der Waals surface area contributed by atoms with E-state index in [1.54, 1.807) is 48.5 Å². The number of halogens is 1. The summed E-state index contributed by atoms with van der Waals surface area (Å²) in [5.74, 6) is -0.821. The van der Waals surface area contributed by atoms with Gasteiger partial charge >= 0.3 is 0 Å². The van der Waals surface area contributed by atoms with Gasteiger partial charge in [0, 0.05) is 11.4 Å². The Labute approximate surface area is 169 Å². The van der Waals surface area contributed by atoms with Crippen molar-refractivity contribution < 1.29 is 14.0 Å². The average molecular weight is 391 g/mol. The first-order valence-electron chi connectivity index (χ1n) is 9.27. The molecule has 0 spiro atoms. The van der Waals surface area contributed by atoms with E-state index in [4.69, 9.17) is 0 Å². The maximum atomic E-state index is 13.0. The Kier molecular flexibility index (Phi) is 6.58. The van der Waals surface area contributed by atoms with Crippen molar-refractivity contribution in [1.29, 1.82) is 0 Å². The van der Waals surface area contributed by atoms with E-state index in [1.807, 2.05) is 25.1 Å². The normalized spacial score (nSPS) is 11.4. The van der Waals surface area contributed by atoms with Crippen LogP contribution in [0.4, 0.5) is 15.8 Å². The minimum absolute atomic E-state index is 0.00116. The highest BCUT2D eigenvalue weighted by molar-refractivity contribution is 6.08. The van der Waals surface area contributed by atoms with Crippen LogP contribution in [-0.2, 0) is 4.79 Å². The summed E-state index contributed by atoms with van der Waals surface area (Å²) in [6.07, 6.45) is 0. The van der Waals surface area contributed by atoms with Crippen LogP contribution in [0.5, 0.6) is 0 Å². The van der Waals surface area contributed by atoms with Crippen molar-refractivity contribution in [3.05, 3.63) is 95.8 Å². The number of hydrogen-bond acceptors (Lipinski definition) is 3. The van der Waals surface area contributed by atoms with Crippen molar-refractivity contribution in [2.75, 3.05) is 17.2 Å². The zero-order valence-corrected chi connectivity index (χ0v) is 16.0. The van der Waals surface area contributed by atoms with Crippen molar-refractivity contribution in [2.45, 2.75) is 13.0 Å². The summed E-state index contributed by atoms with van der Waals surface area (Å²) < 4.78 is 13.0. The molecule has 0 aliphatic rings. The molecule has 0 aromatic heterocycles. The van der Waals surface area contributed by atoms with E-state index in [9.17, 15) is 14.0 Å². The third-order valence-corrected chi connectivity index (χ3v) is 4.39. The van der Waals surface area contributed by atoms with Crippen LogP contribution in [-0.4, -0.2) is 18.4 Å². The molecule has 148 valence electrons. The zero-order valence-electron chi connectivity index (χ0n) is 16.0. The van der Waals surface area contributed by atoms with Crippen LogP contribution in [0.1, 0.15) is 28.9 Å². The number of benzene rings is 3. The largest absolute Gasteiger partial charge is 0.376 e. The minimum Gasteiger partial charge on any atom is -0.376 e. The predicted molar refractivity (Wildman–Crippen MR) is 112 cm³/mol. The maximum absolute atomic E-state index is 13.0. The fourth-order valence-corrected chi connectivity index (χ4v) is 2.86. The average Bonchev–Trinajstić information content (AvgIpc) is 2.73. The molecular formula is C23H22FN3O2. The van der Waals surface area contributed by atoms with Gasteiger partial charge in [-0.1, -0.05) is 42.5 Å². The van der Waals surface area contributed by atoms with Gasteiger partial charge in [-0.15, -0.1) is 0 Å². The van der Waals surface area contributed by atoms with E-state index >= 15 is 0 Å². The molecule has 0 heterocycles. The van der Waals surface area contributed by atoms with Crippen molar-refractivity contribution in [3.63, 3.8) is 0 Å². The van der Waals surface area contributed by atoms with E-state index in [-0.39, 0.29) is 30.2 Å². The Morgan fingerprint density at radius 1 is 0.897 bits per heavy atom. The van der Waals surface area contributed by atoms with Crippen LogP contribution in [0, 0.1) is 5.82 Å². The minimum atomic E-state index is -0.320. The zero-order chi connectivity index (χ0) is 20.6. The first-order chi connectivity index (χ1) is 14.0. The molecule has 3 aromatic rings. The van der Waals surface area contributed by atoms with Crippen molar-refractivity contribution in [3.8, 4) is 0 Å². The number of anilines is 2. The number of amides is 2. The van der Waals surface area contributed by atoms with E-state index in [2.05, 4.69) is 16.0 Å². The Morgan fingerprint density at radius 2 is 1.55 bits per heavy atom. The highest BCUT2D eigenvalue weighted by atomic mass is 19.1. The van der Waals surface area contributed by atoms with Crippen molar-refractivity contribution in [2.24, 2.45) is 0 Å². The van der Waals surface area contributed by atoms with E-state index < -0.39 is 0 Å². The lowest BCUT2D eigenvalue weighted by atomic mass is 10.1. The summed E-state index contributed by atoms with van der Waals surface area (Å²) in [4.78, 5) is 24.9. The molecular weight excluding hydrogens is 369 g/mol. The number of carbonyl (C=O) groups is 2. The van der Waals surface area contributed by atoms with Crippen molar-refractivity contribution >= 4 is 23.2 Å². The van der Waals surface area contributed by atoms with Gasteiger partial charge in [0.2, 0.25) is 5.91 Å². The van der Waals surface area contributed by atoms with Crippen LogP contribution in [0.15, 0.2) is 78.9 Å². The summed E-state index contributed by atoms with van der Waals surface area (Å²) in [6, 6.07) is 21.9. The fourth-order valence-electron chi connectivity index (χ4n) is 2.86. The standard InChI is InChI=1S/C23H22FN3O2/c1-16(17-11-13-18(24)14-12-17)26-22(28)15-25-21-10-6-5-9-20(21)23(29)27-19-7-3-2-4-8-19/h2-14,16,25H,15H2,1H3,(H,26,28)(H,27,29). The maximum Gasteiger partial charge on any atom is 0.257 e. The summed E-state index contributed by atoms with van der Waals surface area (Å²) in [6.45, 7) is 1.83. The Morgan fingerprint density at radius 3 is 2.28 bits per heavy atom. The molecule has 3 rings (SSSR count). The van der Waals surface area contributed by atoms with E-state index in [1.165, 1.54) is 12.1 Å². The number of para-hydroxylation sites is 2. The predicted octanol–water partition coefficient (Wildman–Crippen LogP) is 4.37. The number of nitrogens with one attached hydrogen (secondary N) is 3. The molecule has 29 heavy (non-hydrogen) atoms. The lowest BCUT2D eigenvalue weighted by molar-refractivity contribution is -0.120. The molecule has 1 atom stereocenters. The number of hydrogen-bond donors (Lipinski definition) is 3. The molecule has 5 nitrogen and oxygen atoms in total. The van der Waals surface area contributed by atoms with Gasteiger partial charge in [-0.2, -0.15) is 0 Å². The number of carbonyl (C=O) groups excluding carboxylic acids is 2. The molecule has 0 saturated heterocycles. The van der Waals surface area contributed by atoms with E-state index in [0.717, 1.165) is 5.56 Å². The molecule has 0 aliphatic heterocycles. The van der Waals surface area contributed by atoms with Crippen LogP contribution in [0.25, 0.3) is 0 Å². The van der Waals surface area contributed by atoms with Crippen LogP contribution in [0.3, 0.4) is 0 Å². The summed E-state index contributed by atoms with van der Waals surface area (Å²) in [5.41, 5.74) is 2.50. The molecule has 6 heteroatoms. The summed E-state index contributed by atoms with van der Waals surface area (Å²) in [5, 5.41) is 8.70. The third kappa shape index (κ3) is 5.65. The highest BCUT2D eigenvalue weighted by Crippen LogP contribution is 2.17. The van der Waals surface area contributed by atoms with Gasteiger partial charge in [-0.3, -0.25) is 9.59 Å². The van der Waals surface area contributed by atoms with Gasteiger partial charge in [-0.05, 0) is 48.9 Å². The Hall–Kier alpha value is -3.67. The molecule has 0 aliphatic carbocycles. The molecule has 2 amide bonds. The molecule has 3 aromatic carbocycles. The molecule has 0 radical (unpaired) electrons. The van der Waals surface area contributed by atoms with Gasteiger partial charge in [0.1, 0.15) is 5.82 Å². The van der Waals surface area contributed by atoms with Crippen molar-refractivity contribution in [1.82, 2.24) is 5.32 Å². The lowest BCUT2D eigenvalue weighted by Gasteiger charge is -2.16. The van der Waals surface area contributed by atoms with Gasteiger partial charge in [0.05, 0.1) is 18.2 Å². The SMILES string of the molecule is CC(NC(=O)CNc1ccccc1C(=O)Nc1ccccc1)c1ccc(F)cc1. The van der Waals surface area contributed by atoms with E-state index in [0.29, 0.717) is 16.9 Å². The summed E-state index contributed by atoms with van der Waals surface area (Å²) >= 11 is 0. The molecule has 0 saturated carbocycles. The molecule has 0 bridgehead atoms. The number of rotatable bonds is 7. The Balaban J connectivity index is 1.59. The van der Waals surface area contributed by atoms with Crippen LogP contribution < -0.4 is 16.0 Å². The van der Waals surface area contributed by atoms with Gasteiger partial charge in [0.15, 0.2) is 0 Å². The second-order valence-corrected chi connectivity index (χ2v) is 6.56. The highest BCUT2D eigenvalue weighted by Gasteiger charge is 2.13. The fraction of sp³-hybridized carbons (Fsp3) is 0.130. The molecule has 0 fully saturated rings. The molecule has 3 N–H and O–H groups in total. The topological polar surface area (TPSA) is 70.2 Å².